The van der Waals surface area contributed by atoms with E-state index < -0.39 is 10.0 Å². The maximum Gasteiger partial charge on any atom is 0.238 e. The van der Waals surface area contributed by atoms with Crippen molar-refractivity contribution in [3.63, 3.8) is 0 Å². The minimum Gasteiger partial charge on any atom is -0.395 e. The second kappa shape index (κ2) is 6.60. The number of hydrogen-bond donors (Lipinski definition) is 3. The van der Waals surface area contributed by atoms with Gasteiger partial charge in [-0.25, -0.2) is 18.5 Å². The standard InChI is InChI=1S/C16H18N4O3S/c17-24(22,23)13-6-7-14-15(10-13)19-16(18-14)20(8-9-21)11-12-4-2-1-3-5-12/h1-7,10,21H,8-9,11H2,(H,18,19)(H2,17,22,23). The molecule has 0 saturated heterocycles. The minimum atomic E-state index is -3.77. The van der Waals surface area contributed by atoms with Crippen LogP contribution in [0.3, 0.4) is 0 Å². The van der Waals surface area contributed by atoms with Crippen molar-refractivity contribution in [1.82, 2.24) is 9.97 Å². The molecule has 0 radical (unpaired) electrons. The third-order valence-electron chi connectivity index (χ3n) is 3.66. The van der Waals surface area contributed by atoms with Gasteiger partial charge in [0.1, 0.15) is 0 Å². The van der Waals surface area contributed by atoms with Crippen LogP contribution in [0.5, 0.6) is 0 Å². The van der Waals surface area contributed by atoms with Gasteiger partial charge in [-0.05, 0) is 23.8 Å². The number of nitrogens with one attached hydrogen (secondary N) is 1. The van der Waals surface area contributed by atoms with Crippen molar-refractivity contribution in [3.8, 4) is 0 Å². The Morgan fingerprint density at radius 2 is 1.92 bits per heavy atom. The number of benzene rings is 2. The highest BCUT2D eigenvalue weighted by molar-refractivity contribution is 7.89. The van der Waals surface area contributed by atoms with Crippen molar-refractivity contribution >= 4 is 27.0 Å². The Balaban J connectivity index is 1.95. The van der Waals surface area contributed by atoms with E-state index in [9.17, 15) is 13.5 Å². The summed E-state index contributed by atoms with van der Waals surface area (Å²) in [4.78, 5) is 9.50. The van der Waals surface area contributed by atoms with Crippen LogP contribution >= 0.6 is 0 Å². The fraction of sp³-hybridized carbons (Fsp3) is 0.188. The van der Waals surface area contributed by atoms with Crippen molar-refractivity contribution in [3.05, 3.63) is 54.1 Å². The van der Waals surface area contributed by atoms with Crippen molar-refractivity contribution in [1.29, 1.82) is 0 Å². The summed E-state index contributed by atoms with van der Waals surface area (Å²) in [6.45, 7) is 0.951. The molecule has 3 aromatic rings. The van der Waals surface area contributed by atoms with E-state index in [4.69, 9.17) is 5.14 Å². The molecule has 1 heterocycles. The van der Waals surface area contributed by atoms with Crippen LogP contribution in [-0.2, 0) is 16.6 Å². The largest absolute Gasteiger partial charge is 0.395 e. The van der Waals surface area contributed by atoms with Crippen molar-refractivity contribution in [2.24, 2.45) is 5.14 Å². The van der Waals surface area contributed by atoms with Crippen LogP contribution in [0.2, 0.25) is 0 Å². The lowest BCUT2D eigenvalue weighted by atomic mass is 10.2. The first kappa shape index (κ1) is 16.4. The van der Waals surface area contributed by atoms with Crippen LogP contribution in [0.4, 0.5) is 5.95 Å². The van der Waals surface area contributed by atoms with Crippen molar-refractivity contribution in [2.45, 2.75) is 11.4 Å². The zero-order valence-corrected chi connectivity index (χ0v) is 13.7. The van der Waals surface area contributed by atoms with Gasteiger partial charge in [0.25, 0.3) is 0 Å². The molecule has 0 aliphatic heterocycles. The Hall–Kier alpha value is -2.42. The zero-order chi connectivity index (χ0) is 17.2. The van der Waals surface area contributed by atoms with Gasteiger partial charge in [-0.1, -0.05) is 30.3 Å². The number of aliphatic hydroxyl groups excluding tert-OH is 1. The molecule has 24 heavy (non-hydrogen) atoms. The number of aromatic amines is 1. The van der Waals surface area contributed by atoms with E-state index in [0.717, 1.165) is 5.56 Å². The summed E-state index contributed by atoms with van der Waals surface area (Å²) in [5.41, 5.74) is 2.29. The quantitative estimate of drug-likeness (QED) is 0.621. The third kappa shape index (κ3) is 3.56. The van der Waals surface area contributed by atoms with Gasteiger partial charge in [0, 0.05) is 13.1 Å². The summed E-state index contributed by atoms with van der Waals surface area (Å²) in [7, 11) is -3.77. The van der Waals surface area contributed by atoms with Crippen LogP contribution in [0.25, 0.3) is 11.0 Å². The summed E-state index contributed by atoms with van der Waals surface area (Å²) in [6.07, 6.45) is 0. The number of hydrogen-bond acceptors (Lipinski definition) is 5. The van der Waals surface area contributed by atoms with E-state index in [-0.39, 0.29) is 11.5 Å². The highest BCUT2D eigenvalue weighted by atomic mass is 32.2. The van der Waals surface area contributed by atoms with Crippen molar-refractivity contribution in [2.75, 3.05) is 18.1 Å². The van der Waals surface area contributed by atoms with Gasteiger partial charge >= 0.3 is 0 Å². The van der Waals surface area contributed by atoms with E-state index in [1.54, 1.807) is 6.07 Å². The first-order valence-electron chi connectivity index (χ1n) is 7.39. The summed E-state index contributed by atoms with van der Waals surface area (Å²) in [5, 5.41) is 14.5. The Morgan fingerprint density at radius 1 is 1.17 bits per heavy atom. The molecule has 2 aromatic carbocycles. The molecule has 0 bridgehead atoms. The Morgan fingerprint density at radius 3 is 2.58 bits per heavy atom. The van der Waals surface area contributed by atoms with Crippen LogP contribution in [0.15, 0.2) is 53.4 Å². The summed E-state index contributed by atoms with van der Waals surface area (Å²) < 4.78 is 22.9. The fourth-order valence-electron chi connectivity index (χ4n) is 2.49. The third-order valence-corrected chi connectivity index (χ3v) is 4.57. The Bertz CT molecular complexity index is 938. The molecule has 0 fully saturated rings. The minimum absolute atomic E-state index is 0.0215. The Kier molecular flexibility index (Phi) is 4.52. The number of anilines is 1. The van der Waals surface area contributed by atoms with Gasteiger partial charge < -0.3 is 15.0 Å². The highest BCUT2D eigenvalue weighted by Gasteiger charge is 2.14. The molecule has 0 aliphatic rings. The lowest BCUT2D eigenvalue weighted by molar-refractivity contribution is 0.301. The predicted molar refractivity (Wildman–Crippen MR) is 92.0 cm³/mol. The van der Waals surface area contributed by atoms with E-state index in [0.29, 0.717) is 30.1 Å². The number of primary sulfonamides is 1. The SMILES string of the molecule is NS(=O)(=O)c1ccc2nc(N(CCO)Cc3ccccc3)[nH]c2c1. The number of nitrogens with two attached hydrogens (primary N) is 1. The lowest BCUT2D eigenvalue weighted by Gasteiger charge is -2.20. The molecule has 0 saturated carbocycles. The average Bonchev–Trinajstić information content (AvgIpc) is 2.97. The molecule has 3 rings (SSSR count). The molecule has 0 amide bonds. The molecule has 4 N–H and O–H groups in total. The van der Waals surface area contributed by atoms with E-state index in [2.05, 4.69) is 9.97 Å². The number of aromatic nitrogens is 2. The number of imidazole rings is 1. The first-order chi connectivity index (χ1) is 11.5. The van der Waals surface area contributed by atoms with E-state index in [1.807, 2.05) is 35.2 Å². The van der Waals surface area contributed by atoms with Crippen molar-refractivity contribution < 1.29 is 13.5 Å². The van der Waals surface area contributed by atoms with Crippen LogP contribution < -0.4 is 10.0 Å². The molecule has 0 spiro atoms. The molecule has 126 valence electrons. The molecule has 0 aliphatic carbocycles. The second-order valence-corrected chi connectivity index (χ2v) is 6.98. The molecule has 7 nitrogen and oxygen atoms in total. The Labute approximate surface area is 139 Å². The van der Waals surface area contributed by atoms with Gasteiger partial charge in [0.2, 0.25) is 16.0 Å². The van der Waals surface area contributed by atoms with Gasteiger partial charge in [-0.3, -0.25) is 0 Å². The molecule has 1 aromatic heterocycles. The van der Waals surface area contributed by atoms with Gasteiger partial charge in [-0.2, -0.15) is 0 Å². The number of fused-ring (bicyclic) bond motifs is 1. The molecule has 8 heteroatoms. The predicted octanol–water partition coefficient (Wildman–Crippen LogP) is 1.21. The lowest BCUT2D eigenvalue weighted by Crippen LogP contribution is -2.27. The maximum absolute atomic E-state index is 11.5. The number of aliphatic hydroxyl groups is 1. The zero-order valence-electron chi connectivity index (χ0n) is 12.9. The molecular formula is C16H18N4O3S. The smallest absolute Gasteiger partial charge is 0.238 e. The number of nitrogens with zero attached hydrogens (tertiary/aromatic N) is 2. The number of sulfonamides is 1. The maximum atomic E-state index is 11.5. The van der Waals surface area contributed by atoms with Gasteiger partial charge in [0.15, 0.2) is 0 Å². The first-order valence-corrected chi connectivity index (χ1v) is 8.94. The average molecular weight is 346 g/mol. The van der Waals surface area contributed by atoms with E-state index >= 15 is 0 Å². The van der Waals surface area contributed by atoms with Crippen LogP contribution in [-0.4, -0.2) is 36.6 Å². The molecular weight excluding hydrogens is 328 g/mol. The second-order valence-electron chi connectivity index (χ2n) is 5.42. The summed E-state index contributed by atoms with van der Waals surface area (Å²) >= 11 is 0. The monoisotopic (exact) mass is 346 g/mol. The molecule has 0 unspecified atom stereocenters. The highest BCUT2D eigenvalue weighted by Crippen LogP contribution is 2.21. The fourth-order valence-corrected chi connectivity index (χ4v) is 3.03. The normalized spacial score (nSPS) is 11.8. The van der Waals surface area contributed by atoms with Crippen LogP contribution in [0.1, 0.15) is 5.56 Å². The van der Waals surface area contributed by atoms with Crippen LogP contribution in [0, 0.1) is 0 Å². The van der Waals surface area contributed by atoms with Gasteiger partial charge in [-0.15, -0.1) is 0 Å². The number of rotatable bonds is 6. The summed E-state index contributed by atoms with van der Waals surface area (Å²) in [6, 6.07) is 14.3. The van der Waals surface area contributed by atoms with E-state index in [1.165, 1.54) is 12.1 Å². The van der Waals surface area contributed by atoms with Gasteiger partial charge in [0.05, 0.1) is 22.5 Å². The topological polar surface area (TPSA) is 112 Å². The number of H-pyrrole nitrogens is 1. The molecule has 0 atom stereocenters. The summed E-state index contributed by atoms with van der Waals surface area (Å²) in [5.74, 6) is 0.564.